The van der Waals surface area contributed by atoms with Crippen LogP contribution < -0.4 is 4.74 Å². The summed E-state index contributed by atoms with van der Waals surface area (Å²) < 4.78 is 11.5. The summed E-state index contributed by atoms with van der Waals surface area (Å²) >= 11 is 6.28. The second kappa shape index (κ2) is 10.8. The van der Waals surface area contributed by atoms with Gasteiger partial charge in [0.05, 0.1) is 17.7 Å². The normalized spacial score (nSPS) is 15.7. The maximum Gasteiger partial charge on any atom is 0.241 e. The Morgan fingerprint density at radius 2 is 1.86 bits per heavy atom. The predicted molar refractivity (Wildman–Crippen MR) is 142 cm³/mol. The van der Waals surface area contributed by atoms with Crippen molar-refractivity contribution in [1.82, 2.24) is 15.0 Å². The van der Waals surface area contributed by atoms with E-state index in [0.29, 0.717) is 47.7 Å². The maximum atomic E-state index is 11.0. The molecular formula is C29H28ClN3O4. The standard InChI is InChI=1S/C29H28ClN3O4/c1-18-21(17-36-27-10-9-20(16-34)13-26(27)30)5-3-6-23(18)24-7-4-8-25(19(24)2)29-31-28(37-32-29)15-33-12-11-22(35)14-33/h3-10,13,16,22,35H,11-12,14-15,17H2,1-2H3/t22-/m1/s1. The molecule has 37 heavy (non-hydrogen) atoms. The Labute approximate surface area is 220 Å². The van der Waals surface area contributed by atoms with E-state index in [2.05, 4.69) is 41.0 Å². The molecule has 0 radical (unpaired) electrons. The fraction of sp³-hybridized carbons (Fsp3) is 0.276. The van der Waals surface area contributed by atoms with E-state index in [1.54, 1.807) is 18.2 Å². The number of aliphatic hydroxyl groups excluding tert-OH is 1. The molecule has 7 nitrogen and oxygen atoms in total. The lowest BCUT2D eigenvalue weighted by Crippen LogP contribution is -2.21. The highest BCUT2D eigenvalue weighted by molar-refractivity contribution is 6.32. The van der Waals surface area contributed by atoms with Gasteiger partial charge in [-0.05, 0) is 66.3 Å². The number of aromatic nitrogens is 2. The van der Waals surface area contributed by atoms with Gasteiger partial charge in [0.15, 0.2) is 0 Å². The second-order valence-electron chi connectivity index (χ2n) is 9.35. The van der Waals surface area contributed by atoms with Crippen molar-refractivity contribution in [3.05, 3.63) is 87.8 Å². The van der Waals surface area contributed by atoms with Crippen LogP contribution in [-0.2, 0) is 13.2 Å². The summed E-state index contributed by atoms with van der Waals surface area (Å²) in [6.07, 6.45) is 1.24. The van der Waals surface area contributed by atoms with Gasteiger partial charge in [0.2, 0.25) is 11.7 Å². The average molecular weight is 518 g/mol. The van der Waals surface area contributed by atoms with E-state index >= 15 is 0 Å². The van der Waals surface area contributed by atoms with Crippen LogP contribution in [-0.4, -0.2) is 45.6 Å². The highest BCUT2D eigenvalue weighted by atomic mass is 35.5. The number of carbonyl (C=O) groups excluding carboxylic acids is 1. The maximum absolute atomic E-state index is 11.0. The largest absolute Gasteiger partial charge is 0.487 e. The molecule has 0 spiro atoms. The number of carbonyl (C=O) groups is 1. The monoisotopic (exact) mass is 517 g/mol. The lowest BCUT2D eigenvalue weighted by molar-refractivity contribution is 0.112. The second-order valence-corrected chi connectivity index (χ2v) is 9.76. The van der Waals surface area contributed by atoms with Gasteiger partial charge in [0.1, 0.15) is 18.6 Å². The molecule has 3 aromatic carbocycles. The Morgan fingerprint density at radius 1 is 1.11 bits per heavy atom. The summed E-state index contributed by atoms with van der Waals surface area (Å²) in [5.74, 6) is 1.63. The molecule has 1 aliphatic rings. The number of hydrogen-bond acceptors (Lipinski definition) is 7. The van der Waals surface area contributed by atoms with Gasteiger partial charge in [-0.2, -0.15) is 4.98 Å². The molecular weight excluding hydrogens is 490 g/mol. The Balaban J connectivity index is 1.37. The van der Waals surface area contributed by atoms with Gasteiger partial charge in [-0.1, -0.05) is 53.2 Å². The van der Waals surface area contributed by atoms with Crippen molar-refractivity contribution >= 4 is 17.9 Å². The zero-order valence-corrected chi connectivity index (χ0v) is 21.5. The first kappa shape index (κ1) is 25.1. The average Bonchev–Trinajstić information content (AvgIpc) is 3.53. The first-order chi connectivity index (χ1) is 17.9. The SMILES string of the molecule is Cc1c(COc2ccc(C=O)cc2Cl)cccc1-c1cccc(-c2noc(CN3CC[C@@H](O)C3)n2)c1C. The van der Waals surface area contributed by atoms with Crippen LogP contribution in [0.1, 0.15) is 39.4 Å². The molecule has 0 bridgehead atoms. The van der Waals surface area contributed by atoms with Crippen LogP contribution in [0, 0.1) is 13.8 Å². The third-order valence-electron chi connectivity index (χ3n) is 6.86. The van der Waals surface area contributed by atoms with Gasteiger partial charge in [-0.3, -0.25) is 9.69 Å². The number of benzene rings is 3. The van der Waals surface area contributed by atoms with E-state index in [9.17, 15) is 9.90 Å². The molecule has 8 heteroatoms. The summed E-state index contributed by atoms with van der Waals surface area (Å²) in [5, 5.41) is 14.4. The zero-order chi connectivity index (χ0) is 25.9. The summed E-state index contributed by atoms with van der Waals surface area (Å²) in [7, 11) is 0. The number of hydrogen-bond donors (Lipinski definition) is 1. The molecule has 4 aromatic rings. The highest BCUT2D eigenvalue weighted by Gasteiger charge is 2.23. The van der Waals surface area contributed by atoms with Crippen molar-refractivity contribution < 1.29 is 19.2 Å². The van der Waals surface area contributed by atoms with Crippen molar-refractivity contribution in [2.45, 2.75) is 39.5 Å². The highest BCUT2D eigenvalue weighted by Crippen LogP contribution is 2.34. The van der Waals surface area contributed by atoms with Crippen LogP contribution >= 0.6 is 11.6 Å². The number of nitrogens with zero attached hydrogens (tertiary/aromatic N) is 3. The first-order valence-corrected chi connectivity index (χ1v) is 12.6. The fourth-order valence-electron chi connectivity index (χ4n) is 4.74. The van der Waals surface area contributed by atoms with Crippen LogP contribution in [0.5, 0.6) is 5.75 Å². The minimum absolute atomic E-state index is 0.286. The lowest BCUT2D eigenvalue weighted by Gasteiger charge is -2.16. The molecule has 0 unspecified atom stereocenters. The number of aldehydes is 1. The molecule has 0 amide bonds. The van der Waals surface area contributed by atoms with Crippen molar-refractivity contribution in [3.63, 3.8) is 0 Å². The van der Waals surface area contributed by atoms with Gasteiger partial charge < -0.3 is 14.4 Å². The van der Waals surface area contributed by atoms with Crippen LogP contribution in [0.3, 0.4) is 0 Å². The van der Waals surface area contributed by atoms with Crippen molar-refractivity contribution in [2.75, 3.05) is 13.1 Å². The third kappa shape index (κ3) is 5.44. The van der Waals surface area contributed by atoms with Crippen LogP contribution in [0.2, 0.25) is 5.02 Å². The summed E-state index contributed by atoms with van der Waals surface area (Å²) in [6, 6.07) is 17.2. The first-order valence-electron chi connectivity index (χ1n) is 12.2. The van der Waals surface area contributed by atoms with E-state index in [-0.39, 0.29) is 6.10 Å². The van der Waals surface area contributed by atoms with Gasteiger partial charge in [0.25, 0.3) is 0 Å². The van der Waals surface area contributed by atoms with Crippen molar-refractivity contribution in [1.29, 1.82) is 0 Å². The molecule has 1 N–H and O–H groups in total. The van der Waals surface area contributed by atoms with Crippen LogP contribution in [0.15, 0.2) is 59.1 Å². The Hall–Kier alpha value is -3.52. The van der Waals surface area contributed by atoms with E-state index in [1.165, 1.54) is 0 Å². The number of rotatable bonds is 8. The molecule has 1 fully saturated rings. The number of ether oxygens (including phenoxy) is 1. The third-order valence-corrected chi connectivity index (χ3v) is 7.16. The Bertz CT molecular complexity index is 1430. The predicted octanol–water partition coefficient (Wildman–Crippen LogP) is 5.63. The molecule has 1 saturated heterocycles. The zero-order valence-electron chi connectivity index (χ0n) is 20.8. The van der Waals surface area contributed by atoms with E-state index in [4.69, 9.17) is 20.9 Å². The Morgan fingerprint density at radius 3 is 2.59 bits per heavy atom. The number of β-amino-alcohol motifs (C(OH)–C–C–N with tert-alkyl or cyclic N) is 1. The summed E-state index contributed by atoms with van der Waals surface area (Å²) in [4.78, 5) is 17.7. The van der Waals surface area contributed by atoms with E-state index < -0.39 is 0 Å². The van der Waals surface area contributed by atoms with Crippen LogP contribution in [0.25, 0.3) is 22.5 Å². The molecule has 0 saturated carbocycles. The smallest absolute Gasteiger partial charge is 0.241 e. The number of halogens is 1. The van der Waals surface area contributed by atoms with Gasteiger partial charge in [0, 0.05) is 24.2 Å². The molecule has 5 rings (SSSR count). The quantitative estimate of drug-likeness (QED) is 0.303. The van der Waals surface area contributed by atoms with Crippen molar-refractivity contribution in [3.8, 4) is 28.3 Å². The topological polar surface area (TPSA) is 88.7 Å². The van der Waals surface area contributed by atoms with Gasteiger partial charge in [-0.25, -0.2) is 0 Å². The lowest BCUT2D eigenvalue weighted by atomic mass is 9.91. The van der Waals surface area contributed by atoms with Gasteiger partial charge in [-0.15, -0.1) is 0 Å². The number of likely N-dealkylation sites (tertiary alicyclic amines) is 1. The minimum atomic E-state index is -0.286. The fourth-order valence-corrected chi connectivity index (χ4v) is 4.98. The van der Waals surface area contributed by atoms with E-state index in [0.717, 1.165) is 52.6 Å². The van der Waals surface area contributed by atoms with Gasteiger partial charge >= 0.3 is 0 Å². The Kier molecular flexibility index (Phi) is 7.37. The minimum Gasteiger partial charge on any atom is -0.487 e. The molecule has 2 heterocycles. The van der Waals surface area contributed by atoms with Crippen LogP contribution in [0.4, 0.5) is 0 Å². The summed E-state index contributed by atoms with van der Waals surface area (Å²) in [5.41, 5.74) is 6.79. The molecule has 1 aliphatic heterocycles. The van der Waals surface area contributed by atoms with E-state index in [1.807, 2.05) is 24.3 Å². The molecule has 0 aliphatic carbocycles. The number of aliphatic hydroxyl groups is 1. The summed E-state index contributed by atoms with van der Waals surface area (Å²) in [6.45, 7) is 6.47. The molecule has 190 valence electrons. The molecule has 1 atom stereocenters. The van der Waals surface area contributed by atoms with Crippen molar-refractivity contribution in [2.24, 2.45) is 0 Å². The molecule has 1 aromatic heterocycles.